The lowest BCUT2D eigenvalue weighted by atomic mass is 10.0. The molecule has 0 aliphatic rings. The van der Waals surface area contributed by atoms with E-state index in [-0.39, 0.29) is 28.6 Å². The molecule has 0 unspecified atom stereocenters. The van der Waals surface area contributed by atoms with Crippen molar-refractivity contribution in [2.75, 3.05) is 17.4 Å². The van der Waals surface area contributed by atoms with Gasteiger partial charge in [0.25, 0.3) is 10.0 Å². The summed E-state index contributed by atoms with van der Waals surface area (Å²) in [5, 5.41) is 3.48. The first-order valence-electron chi connectivity index (χ1n) is 13.5. The number of carbonyl (C=O) groups excluding carboxylic acids is 2. The molecule has 4 rings (SSSR count). The number of nitrogens with one attached hydrogen (secondary N) is 1. The van der Waals surface area contributed by atoms with Crippen LogP contribution in [0.1, 0.15) is 18.1 Å². The summed E-state index contributed by atoms with van der Waals surface area (Å²) in [5.41, 5.74) is 1.40. The molecule has 224 valence electrons. The fourth-order valence-electron chi connectivity index (χ4n) is 4.54. The van der Waals surface area contributed by atoms with Crippen molar-refractivity contribution in [1.82, 2.24) is 10.2 Å². The number of amides is 2. The highest BCUT2D eigenvalue weighted by atomic mass is 35.5. The van der Waals surface area contributed by atoms with E-state index >= 15 is 0 Å². The van der Waals surface area contributed by atoms with Crippen LogP contribution in [-0.4, -0.2) is 44.3 Å². The molecule has 0 saturated carbocycles. The molecule has 0 aliphatic heterocycles. The summed E-state index contributed by atoms with van der Waals surface area (Å²) in [4.78, 5) is 29.1. The molecule has 0 heterocycles. The van der Waals surface area contributed by atoms with Gasteiger partial charge in [-0.2, -0.15) is 0 Å². The van der Waals surface area contributed by atoms with Crippen LogP contribution in [0.5, 0.6) is 0 Å². The first-order chi connectivity index (χ1) is 20.6. The van der Waals surface area contributed by atoms with Gasteiger partial charge in [-0.05, 0) is 66.6 Å². The van der Waals surface area contributed by atoms with Crippen molar-refractivity contribution in [3.05, 3.63) is 130 Å². The van der Waals surface area contributed by atoms with Gasteiger partial charge in [0, 0.05) is 29.6 Å². The number of nitrogens with zero attached hydrogens (tertiary/aromatic N) is 2. The molecule has 0 radical (unpaired) electrons. The molecule has 11 heteroatoms. The molecule has 7 nitrogen and oxygen atoms in total. The number of halogens is 3. The molecule has 0 spiro atoms. The van der Waals surface area contributed by atoms with Gasteiger partial charge in [0.2, 0.25) is 11.8 Å². The molecule has 43 heavy (non-hydrogen) atoms. The van der Waals surface area contributed by atoms with E-state index in [1.165, 1.54) is 35.2 Å². The van der Waals surface area contributed by atoms with Crippen molar-refractivity contribution in [2.45, 2.75) is 30.8 Å². The Hall–Kier alpha value is -3.92. The van der Waals surface area contributed by atoms with E-state index in [0.29, 0.717) is 17.1 Å². The monoisotopic (exact) mass is 641 g/mol. The topological polar surface area (TPSA) is 86.8 Å². The molecule has 4 aromatic rings. The highest BCUT2D eigenvalue weighted by Gasteiger charge is 2.34. The number of benzene rings is 4. The molecule has 0 aliphatic carbocycles. The number of sulfonamides is 1. The zero-order chi connectivity index (χ0) is 31.0. The van der Waals surface area contributed by atoms with Gasteiger partial charge >= 0.3 is 0 Å². The Labute approximate surface area is 260 Å². The van der Waals surface area contributed by atoms with Crippen LogP contribution < -0.4 is 9.62 Å². The summed E-state index contributed by atoms with van der Waals surface area (Å²) in [6, 6.07) is 25.4. The smallest absolute Gasteiger partial charge is 0.264 e. The Balaban J connectivity index is 1.80. The summed E-state index contributed by atoms with van der Waals surface area (Å²) in [6.07, 6.45) is 0.158. The lowest BCUT2D eigenvalue weighted by molar-refractivity contribution is -0.140. The molecule has 2 amide bonds. The first-order valence-corrected chi connectivity index (χ1v) is 15.7. The van der Waals surface area contributed by atoms with Crippen molar-refractivity contribution in [1.29, 1.82) is 0 Å². The first kappa shape index (κ1) is 32.0. The summed E-state index contributed by atoms with van der Waals surface area (Å²) >= 11 is 12.6. The van der Waals surface area contributed by atoms with E-state index in [1.807, 2.05) is 30.3 Å². The van der Waals surface area contributed by atoms with E-state index in [4.69, 9.17) is 23.2 Å². The zero-order valence-electron chi connectivity index (χ0n) is 23.3. The molecule has 1 N–H and O–H groups in total. The molecule has 4 aromatic carbocycles. The predicted molar refractivity (Wildman–Crippen MR) is 167 cm³/mol. The van der Waals surface area contributed by atoms with Crippen molar-refractivity contribution in [2.24, 2.45) is 0 Å². The Morgan fingerprint density at radius 2 is 1.51 bits per heavy atom. The number of anilines is 1. The Morgan fingerprint density at radius 1 is 0.884 bits per heavy atom. The third kappa shape index (κ3) is 8.13. The Morgan fingerprint density at radius 3 is 2.12 bits per heavy atom. The standard InChI is InChI=1S/C32H30Cl2FN3O4S/c1-2-36-32(40)30(19-23-9-5-3-6-10-23)37(21-24-13-14-25(33)20-29(24)34)31(39)22-38(27-17-15-26(35)16-18-27)43(41,42)28-11-7-4-8-12-28/h3-18,20,30H,2,19,21-22H2,1H3,(H,36,40)/t30-/m0/s1. The number of likely N-dealkylation sites (N-methyl/N-ethyl adjacent to an activating group) is 1. The average Bonchev–Trinajstić information content (AvgIpc) is 3.00. The second-order valence-corrected chi connectivity index (χ2v) is 12.4. The molecule has 0 fully saturated rings. The van der Waals surface area contributed by atoms with Crippen molar-refractivity contribution >= 4 is 50.7 Å². The highest BCUT2D eigenvalue weighted by molar-refractivity contribution is 7.92. The Bertz CT molecular complexity index is 1660. The van der Waals surface area contributed by atoms with Gasteiger partial charge in [-0.25, -0.2) is 12.8 Å². The van der Waals surface area contributed by atoms with Gasteiger partial charge in [0.15, 0.2) is 0 Å². The van der Waals surface area contributed by atoms with Crippen molar-refractivity contribution in [3.63, 3.8) is 0 Å². The third-order valence-corrected chi connectivity index (χ3v) is 9.08. The molecule has 0 saturated heterocycles. The van der Waals surface area contributed by atoms with E-state index < -0.39 is 40.2 Å². The predicted octanol–water partition coefficient (Wildman–Crippen LogP) is 6.10. The second-order valence-electron chi connectivity index (χ2n) is 9.66. The average molecular weight is 643 g/mol. The van der Waals surface area contributed by atoms with Crippen LogP contribution in [0.3, 0.4) is 0 Å². The van der Waals surface area contributed by atoms with Crippen molar-refractivity contribution < 1.29 is 22.4 Å². The van der Waals surface area contributed by atoms with E-state index in [1.54, 1.807) is 37.3 Å². The minimum atomic E-state index is -4.28. The van der Waals surface area contributed by atoms with Crippen LogP contribution in [0, 0.1) is 5.82 Å². The molecule has 1 atom stereocenters. The van der Waals surface area contributed by atoms with E-state index in [2.05, 4.69) is 5.32 Å². The fourth-order valence-corrected chi connectivity index (χ4v) is 6.44. The fraction of sp³-hybridized carbons (Fsp3) is 0.188. The number of rotatable bonds is 12. The second kappa shape index (κ2) is 14.5. The van der Waals surface area contributed by atoms with Gasteiger partial charge < -0.3 is 10.2 Å². The van der Waals surface area contributed by atoms with Gasteiger partial charge in [0.1, 0.15) is 18.4 Å². The third-order valence-electron chi connectivity index (χ3n) is 6.70. The number of hydrogen-bond acceptors (Lipinski definition) is 4. The quantitative estimate of drug-likeness (QED) is 0.202. The maximum absolute atomic E-state index is 14.3. The maximum atomic E-state index is 14.3. The lowest BCUT2D eigenvalue weighted by Gasteiger charge is -2.34. The summed E-state index contributed by atoms with van der Waals surface area (Å²) in [7, 11) is -4.28. The van der Waals surface area contributed by atoms with E-state index in [9.17, 15) is 22.4 Å². The minimum Gasteiger partial charge on any atom is -0.355 e. The Kier molecular flexibility index (Phi) is 10.8. The van der Waals surface area contributed by atoms with Crippen LogP contribution in [0.25, 0.3) is 0 Å². The summed E-state index contributed by atoms with van der Waals surface area (Å²) in [6.45, 7) is 1.31. The SMILES string of the molecule is CCNC(=O)[C@H](Cc1ccccc1)N(Cc1ccc(Cl)cc1Cl)C(=O)CN(c1ccc(F)cc1)S(=O)(=O)c1ccccc1. The molecular weight excluding hydrogens is 612 g/mol. The van der Waals surface area contributed by atoms with Crippen LogP contribution >= 0.6 is 23.2 Å². The van der Waals surface area contributed by atoms with Crippen LogP contribution in [-0.2, 0) is 32.6 Å². The number of carbonyl (C=O) groups is 2. The minimum absolute atomic E-state index is 0.0519. The molecule has 0 aromatic heterocycles. The van der Waals surface area contributed by atoms with Gasteiger partial charge in [-0.3, -0.25) is 13.9 Å². The van der Waals surface area contributed by atoms with Crippen LogP contribution in [0.15, 0.2) is 108 Å². The maximum Gasteiger partial charge on any atom is 0.264 e. The largest absolute Gasteiger partial charge is 0.355 e. The van der Waals surface area contributed by atoms with Crippen LogP contribution in [0.4, 0.5) is 10.1 Å². The van der Waals surface area contributed by atoms with Gasteiger partial charge in [0.05, 0.1) is 10.6 Å². The van der Waals surface area contributed by atoms with Gasteiger partial charge in [-0.15, -0.1) is 0 Å². The number of hydrogen-bond donors (Lipinski definition) is 1. The molecular formula is C32H30Cl2FN3O4S. The van der Waals surface area contributed by atoms with E-state index in [0.717, 1.165) is 22.0 Å². The summed E-state index contributed by atoms with van der Waals surface area (Å²) < 4.78 is 42.5. The zero-order valence-corrected chi connectivity index (χ0v) is 25.6. The van der Waals surface area contributed by atoms with Gasteiger partial charge in [-0.1, -0.05) is 77.8 Å². The van der Waals surface area contributed by atoms with Crippen molar-refractivity contribution in [3.8, 4) is 0 Å². The normalized spacial score (nSPS) is 11.9. The lowest BCUT2D eigenvalue weighted by Crippen LogP contribution is -2.53. The highest BCUT2D eigenvalue weighted by Crippen LogP contribution is 2.27. The summed E-state index contributed by atoms with van der Waals surface area (Å²) in [5.74, 6) is -1.64. The van der Waals surface area contributed by atoms with Crippen LogP contribution in [0.2, 0.25) is 10.0 Å². The molecule has 0 bridgehead atoms.